The summed E-state index contributed by atoms with van der Waals surface area (Å²) in [5.41, 5.74) is 0.646. The summed E-state index contributed by atoms with van der Waals surface area (Å²) in [5.74, 6) is 0.440. The number of pyridine rings is 1. The molecule has 3 rings (SSSR count). The Morgan fingerprint density at radius 1 is 1.30 bits per heavy atom. The molecule has 2 fully saturated rings. The molecular weight excluding hydrogens is 346 g/mol. The third-order valence-electron chi connectivity index (χ3n) is 5.36. The van der Waals surface area contributed by atoms with Crippen LogP contribution in [0.2, 0.25) is 0 Å². The van der Waals surface area contributed by atoms with Gasteiger partial charge >= 0.3 is 0 Å². The highest BCUT2D eigenvalue weighted by Gasteiger charge is 2.47. The van der Waals surface area contributed by atoms with E-state index >= 15 is 0 Å². The lowest BCUT2D eigenvalue weighted by molar-refractivity contribution is -0.143. The van der Waals surface area contributed by atoms with Gasteiger partial charge in [0.15, 0.2) is 0 Å². The van der Waals surface area contributed by atoms with Gasteiger partial charge in [0.05, 0.1) is 0 Å². The lowest BCUT2D eigenvalue weighted by Crippen LogP contribution is -2.55. The second kappa shape index (κ2) is 8.50. The van der Waals surface area contributed by atoms with Gasteiger partial charge in [-0.2, -0.15) is 0 Å². The standard InChI is InChI=1S/C19H27N3O2.CH2O2/c1-18(2,3)17(24)21-11-8-19(9-12-21)7-6-16(23)22(19)14-15-5-4-10-20-13-15;2-1-3/h4-5,10,13H,6-9,11-12,14H2,1-3H3;1H,(H,2,3). The van der Waals surface area contributed by atoms with Crippen LogP contribution in [0.15, 0.2) is 24.5 Å². The van der Waals surface area contributed by atoms with E-state index in [2.05, 4.69) is 4.98 Å². The van der Waals surface area contributed by atoms with E-state index in [1.807, 2.05) is 48.9 Å². The van der Waals surface area contributed by atoms with Crippen LogP contribution in [0, 0.1) is 5.41 Å². The normalized spacial score (nSPS) is 18.9. The molecule has 7 nitrogen and oxygen atoms in total. The lowest BCUT2D eigenvalue weighted by atomic mass is 9.83. The summed E-state index contributed by atoms with van der Waals surface area (Å²) in [7, 11) is 0. The average Bonchev–Trinajstić information content (AvgIpc) is 2.92. The van der Waals surface area contributed by atoms with Crippen LogP contribution in [0.25, 0.3) is 0 Å². The summed E-state index contributed by atoms with van der Waals surface area (Å²) in [6.45, 7) is 7.76. The third kappa shape index (κ3) is 4.84. The van der Waals surface area contributed by atoms with Crippen molar-refractivity contribution in [3.63, 3.8) is 0 Å². The zero-order chi connectivity index (χ0) is 20.1. The predicted octanol–water partition coefficient (Wildman–Crippen LogP) is 2.31. The number of aromatic nitrogens is 1. The summed E-state index contributed by atoms with van der Waals surface area (Å²) >= 11 is 0. The van der Waals surface area contributed by atoms with Crippen molar-refractivity contribution in [2.75, 3.05) is 13.1 Å². The van der Waals surface area contributed by atoms with Crippen LogP contribution in [0.1, 0.15) is 52.0 Å². The van der Waals surface area contributed by atoms with Crippen LogP contribution in [-0.2, 0) is 20.9 Å². The van der Waals surface area contributed by atoms with Gasteiger partial charge in [-0.3, -0.25) is 19.4 Å². The molecule has 2 aliphatic heterocycles. The van der Waals surface area contributed by atoms with E-state index in [0.29, 0.717) is 13.0 Å². The number of carboxylic acid groups (broad SMARTS) is 1. The summed E-state index contributed by atoms with van der Waals surface area (Å²) in [6.07, 6.45) is 6.86. The number of carbonyl (C=O) groups excluding carboxylic acids is 2. The molecule has 2 amide bonds. The highest BCUT2D eigenvalue weighted by atomic mass is 16.3. The molecule has 0 atom stereocenters. The van der Waals surface area contributed by atoms with Crippen molar-refractivity contribution in [3.05, 3.63) is 30.1 Å². The van der Waals surface area contributed by atoms with E-state index in [9.17, 15) is 9.59 Å². The van der Waals surface area contributed by atoms with Crippen molar-refractivity contribution in [3.8, 4) is 0 Å². The van der Waals surface area contributed by atoms with Gasteiger partial charge in [-0.15, -0.1) is 0 Å². The van der Waals surface area contributed by atoms with E-state index in [4.69, 9.17) is 9.90 Å². The Morgan fingerprint density at radius 2 is 1.93 bits per heavy atom. The van der Waals surface area contributed by atoms with Crippen LogP contribution in [0.3, 0.4) is 0 Å². The molecule has 2 saturated heterocycles. The maximum Gasteiger partial charge on any atom is 0.290 e. The molecule has 0 bridgehead atoms. The first-order valence-corrected chi connectivity index (χ1v) is 9.30. The van der Waals surface area contributed by atoms with E-state index in [0.717, 1.165) is 37.9 Å². The molecule has 3 heterocycles. The van der Waals surface area contributed by atoms with Crippen molar-refractivity contribution in [2.24, 2.45) is 5.41 Å². The largest absolute Gasteiger partial charge is 0.483 e. The predicted molar refractivity (Wildman–Crippen MR) is 101 cm³/mol. The van der Waals surface area contributed by atoms with Crippen molar-refractivity contribution in [1.82, 2.24) is 14.8 Å². The van der Waals surface area contributed by atoms with Crippen LogP contribution in [0.4, 0.5) is 0 Å². The fourth-order valence-electron chi connectivity index (χ4n) is 3.92. The van der Waals surface area contributed by atoms with Crippen molar-refractivity contribution >= 4 is 18.3 Å². The Bertz CT molecular complexity index is 662. The number of carbonyl (C=O) groups is 3. The summed E-state index contributed by atoms with van der Waals surface area (Å²) in [4.78, 5) is 41.5. The zero-order valence-corrected chi connectivity index (χ0v) is 16.4. The topological polar surface area (TPSA) is 90.8 Å². The number of nitrogens with zero attached hydrogens (tertiary/aromatic N) is 3. The molecule has 7 heteroatoms. The van der Waals surface area contributed by atoms with E-state index in [-0.39, 0.29) is 29.2 Å². The first-order valence-electron chi connectivity index (χ1n) is 9.30. The minimum atomic E-state index is -0.342. The first-order chi connectivity index (χ1) is 12.7. The molecule has 0 radical (unpaired) electrons. The fourth-order valence-corrected chi connectivity index (χ4v) is 3.92. The summed E-state index contributed by atoms with van der Waals surface area (Å²) in [5, 5.41) is 6.89. The molecule has 0 aromatic carbocycles. The smallest absolute Gasteiger partial charge is 0.290 e. The third-order valence-corrected chi connectivity index (χ3v) is 5.36. The Labute approximate surface area is 160 Å². The highest BCUT2D eigenvalue weighted by molar-refractivity contribution is 5.82. The molecule has 2 aliphatic rings. The maximum absolute atomic E-state index is 12.5. The van der Waals surface area contributed by atoms with Gasteiger partial charge in [0.2, 0.25) is 11.8 Å². The van der Waals surface area contributed by atoms with Gasteiger partial charge in [0.1, 0.15) is 0 Å². The molecule has 1 spiro atoms. The van der Waals surface area contributed by atoms with Crippen molar-refractivity contribution in [2.45, 2.75) is 58.5 Å². The number of hydrogen-bond acceptors (Lipinski definition) is 4. The SMILES string of the molecule is CC(C)(C)C(=O)N1CCC2(CCC(=O)N2Cc2cccnc2)CC1.O=CO. The van der Waals surface area contributed by atoms with Gasteiger partial charge in [0.25, 0.3) is 6.47 Å². The molecular formula is C20H29N3O4. The summed E-state index contributed by atoms with van der Waals surface area (Å²) < 4.78 is 0. The first kappa shape index (κ1) is 20.9. The van der Waals surface area contributed by atoms with E-state index in [1.165, 1.54) is 0 Å². The quantitative estimate of drug-likeness (QED) is 0.801. The molecule has 148 valence electrons. The maximum atomic E-state index is 12.5. The minimum absolute atomic E-state index is 0.0818. The van der Waals surface area contributed by atoms with Crippen LogP contribution < -0.4 is 0 Å². The van der Waals surface area contributed by atoms with Crippen LogP contribution in [-0.4, -0.2) is 56.8 Å². The van der Waals surface area contributed by atoms with Gasteiger partial charge in [-0.05, 0) is 30.9 Å². The van der Waals surface area contributed by atoms with Crippen molar-refractivity contribution < 1.29 is 19.5 Å². The Morgan fingerprint density at radius 3 is 2.44 bits per heavy atom. The average molecular weight is 375 g/mol. The van der Waals surface area contributed by atoms with Crippen LogP contribution in [0.5, 0.6) is 0 Å². The number of hydrogen-bond donors (Lipinski definition) is 1. The Hall–Kier alpha value is -2.44. The molecule has 1 N–H and O–H groups in total. The molecule has 1 aromatic heterocycles. The second-order valence-electron chi connectivity index (χ2n) is 8.21. The monoisotopic (exact) mass is 375 g/mol. The lowest BCUT2D eigenvalue weighted by Gasteiger charge is -2.46. The summed E-state index contributed by atoms with van der Waals surface area (Å²) in [6, 6.07) is 3.93. The van der Waals surface area contributed by atoms with Gasteiger partial charge in [-0.25, -0.2) is 0 Å². The second-order valence-corrected chi connectivity index (χ2v) is 8.21. The highest BCUT2D eigenvalue weighted by Crippen LogP contribution is 2.40. The van der Waals surface area contributed by atoms with E-state index < -0.39 is 0 Å². The number of piperidine rings is 1. The number of likely N-dealkylation sites (tertiary alicyclic amines) is 2. The minimum Gasteiger partial charge on any atom is -0.483 e. The molecule has 0 aliphatic carbocycles. The Kier molecular flexibility index (Phi) is 6.57. The Balaban J connectivity index is 0.000000817. The molecule has 27 heavy (non-hydrogen) atoms. The molecule has 0 saturated carbocycles. The van der Waals surface area contributed by atoms with Gasteiger partial charge < -0.3 is 14.9 Å². The number of rotatable bonds is 2. The van der Waals surface area contributed by atoms with E-state index in [1.54, 1.807) is 6.20 Å². The molecule has 0 unspecified atom stereocenters. The van der Waals surface area contributed by atoms with Gasteiger partial charge in [-0.1, -0.05) is 26.8 Å². The fraction of sp³-hybridized carbons (Fsp3) is 0.600. The number of amides is 2. The zero-order valence-electron chi connectivity index (χ0n) is 16.4. The van der Waals surface area contributed by atoms with Crippen LogP contribution >= 0.6 is 0 Å². The molecule has 1 aromatic rings. The van der Waals surface area contributed by atoms with Crippen molar-refractivity contribution in [1.29, 1.82) is 0 Å². The van der Waals surface area contributed by atoms with Gasteiger partial charge in [0, 0.05) is 49.4 Å².